The summed E-state index contributed by atoms with van der Waals surface area (Å²) in [5, 5.41) is 0. The molecule has 0 bridgehead atoms. The van der Waals surface area contributed by atoms with Gasteiger partial charge in [0, 0.05) is 10.3 Å². The van der Waals surface area contributed by atoms with Crippen molar-refractivity contribution >= 4 is 22.9 Å². The van der Waals surface area contributed by atoms with E-state index in [4.69, 9.17) is 0 Å². The molecule has 1 rings (SSSR count). The van der Waals surface area contributed by atoms with Gasteiger partial charge < -0.3 is 12.9 Å². The van der Waals surface area contributed by atoms with Crippen molar-refractivity contribution in [1.29, 1.82) is 0 Å². The lowest BCUT2D eigenvalue weighted by Gasteiger charge is -2.29. The molecule has 0 aliphatic carbocycles. The van der Waals surface area contributed by atoms with E-state index in [0.29, 0.717) is 4.47 Å². The van der Waals surface area contributed by atoms with Gasteiger partial charge in [-0.25, -0.2) is 0 Å². The fourth-order valence-electron chi connectivity index (χ4n) is 1.29. The predicted molar refractivity (Wildman–Crippen MR) is 52.0 cm³/mol. The summed E-state index contributed by atoms with van der Waals surface area (Å²) in [6, 6.07) is 3.93. The van der Waals surface area contributed by atoms with Gasteiger partial charge in [-0.2, -0.15) is 13.2 Å². The molecule has 0 aliphatic heterocycles. The van der Waals surface area contributed by atoms with Gasteiger partial charge in [0.25, 0.3) is 0 Å². The number of alkyl halides is 3. The van der Waals surface area contributed by atoms with Crippen LogP contribution in [0.25, 0.3) is 0 Å². The van der Waals surface area contributed by atoms with Gasteiger partial charge in [-0.05, 0) is 12.1 Å². The Balaban J connectivity index is 3.18. The summed E-state index contributed by atoms with van der Waals surface area (Å²) in [6.07, 6.45) is -5.31. The van der Waals surface area contributed by atoms with Gasteiger partial charge >= 0.3 is 13.2 Å². The van der Waals surface area contributed by atoms with Gasteiger partial charge in [-0.1, -0.05) is 33.6 Å². The summed E-state index contributed by atoms with van der Waals surface area (Å²) >= 11 is 2.94. The average molecular weight is 306 g/mol. The van der Waals surface area contributed by atoms with Crippen LogP contribution in [0.4, 0.5) is 26.1 Å². The Morgan fingerprint density at radius 3 is 1.75 bits per heavy atom. The molecular weight excluding hydrogens is 301 g/mol. The molecule has 0 saturated carbocycles. The van der Waals surface area contributed by atoms with Crippen molar-refractivity contribution in [1.82, 2.24) is 0 Å². The van der Waals surface area contributed by atoms with E-state index < -0.39 is 24.5 Å². The third-order valence-electron chi connectivity index (χ3n) is 1.96. The van der Waals surface area contributed by atoms with E-state index in [1.165, 1.54) is 0 Å². The van der Waals surface area contributed by atoms with Gasteiger partial charge in [0.15, 0.2) is 0 Å². The number of halogens is 7. The molecular formula is C8H5BBrF6-. The fraction of sp³-hybridized carbons (Fsp3) is 0.250. The van der Waals surface area contributed by atoms with Gasteiger partial charge in [0.05, 0.1) is 0 Å². The molecule has 16 heavy (non-hydrogen) atoms. The molecule has 90 valence electrons. The van der Waals surface area contributed by atoms with Crippen molar-refractivity contribution in [2.75, 3.05) is 0 Å². The predicted octanol–water partition coefficient (Wildman–Crippen LogP) is 4.48. The Kier molecular flexibility index (Phi) is 3.61. The van der Waals surface area contributed by atoms with Gasteiger partial charge in [-0.15, -0.1) is 0 Å². The summed E-state index contributed by atoms with van der Waals surface area (Å²) in [4.78, 5) is 0. The van der Waals surface area contributed by atoms with Crippen LogP contribution in [0, 0.1) is 0 Å². The minimum absolute atomic E-state index is 0.423. The third-order valence-corrected chi connectivity index (χ3v) is 2.49. The van der Waals surface area contributed by atoms with Crippen molar-refractivity contribution in [3.63, 3.8) is 0 Å². The molecule has 8 heteroatoms. The summed E-state index contributed by atoms with van der Waals surface area (Å²) in [6.45, 7) is -6.01. The molecule has 0 fully saturated rings. The minimum Gasteiger partial charge on any atom is -0.448 e. The fourth-order valence-corrected chi connectivity index (χ4v) is 1.56. The highest BCUT2D eigenvalue weighted by Crippen LogP contribution is 2.43. The van der Waals surface area contributed by atoms with Crippen LogP contribution in [0.2, 0.25) is 0 Å². The molecule has 0 heterocycles. The first-order valence-corrected chi connectivity index (χ1v) is 4.94. The smallest absolute Gasteiger partial charge is 0.448 e. The average Bonchev–Trinajstić information content (AvgIpc) is 2.03. The normalized spacial score (nSPS) is 14.9. The van der Waals surface area contributed by atoms with E-state index in [1.807, 2.05) is 0 Å². The quantitative estimate of drug-likeness (QED) is 0.558. The van der Waals surface area contributed by atoms with Crippen molar-refractivity contribution in [3.05, 3.63) is 34.3 Å². The zero-order chi connectivity index (χ0) is 12.6. The highest BCUT2D eigenvalue weighted by atomic mass is 79.9. The molecule has 0 radical (unpaired) electrons. The Morgan fingerprint density at radius 1 is 1.00 bits per heavy atom. The summed E-state index contributed by atoms with van der Waals surface area (Å²) < 4.78 is 74.3. The largest absolute Gasteiger partial charge is 0.494 e. The standard InChI is InChI=1S/C8H5BBrF6/c10-6-3-1-5(2-4-6)7(8(11,12)13)9(14,15)16/h1-4,7H/q-1. The number of rotatable bonds is 2. The number of hydrogen-bond donors (Lipinski definition) is 0. The molecule has 1 atom stereocenters. The van der Waals surface area contributed by atoms with E-state index in [2.05, 4.69) is 15.9 Å². The van der Waals surface area contributed by atoms with E-state index in [1.54, 1.807) is 0 Å². The second kappa shape index (κ2) is 4.31. The maximum atomic E-state index is 12.3. The number of hydrogen-bond acceptors (Lipinski definition) is 0. The third kappa shape index (κ3) is 3.17. The lowest BCUT2D eigenvalue weighted by atomic mass is 9.68. The molecule has 0 spiro atoms. The first-order valence-electron chi connectivity index (χ1n) is 4.14. The zero-order valence-corrected chi connectivity index (χ0v) is 9.20. The van der Waals surface area contributed by atoms with Crippen LogP contribution in [0.5, 0.6) is 0 Å². The Hall–Kier alpha value is -0.655. The van der Waals surface area contributed by atoms with Gasteiger partial charge in [0.1, 0.15) is 0 Å². The van der Waals surface area contributed by atoms with Crippen LogP contribution >= 0.6 is 15.9 Å². The molecule has 0 saturated heterocycles. The molecule has 1 aromatic carbocycles. The van der Waals surface area contributed by atoms with E-state index in [9.17, 15) is 26.1 Å². The van der Waals surface area contributed by atoms with Crippen molar-refractivity contribution in [2.45, 2.75) is 12.0 Å². The topological polar surface area (TPSA) is 0 Å². The Bertz CT molecular complexity index is 340. The second-order valence-corrected chi connectivity index (χ2v) is 4.11. The SMILES string of the molecule is F[B-](F)(F)C(c1ccc(Br)cc1)C(F)(F)F. The van der Waals surface area contributed by atoms with Crippen LogP contribution in [-0.4, -0.2) is 13.2 Å². The Morgan fingerprint density at radius 2 is 1.44 bits per heavy atom. The van der Waals surface area contributed by atoms with E-state index >= 15 is 0 Å². The zero-order valence-electron chi connectivity index (χ0n) is 7.61. The molecule has 0 aromatic heterocycles. The second-order valence-electron chi connectivity index (χ2n) is 3.20. The maximum Gasteiger partial charge on any atom is 0.494 e. The van der Waals surface area contributed by atoms with Crippen LogP contribution in [-0.2, 0) is 0 Å². The van der Waals surface area contributed by atoms with Crippen LogP contribution in [0.1, 0.15) is 11.4 Å². The Labute approximate surface area is 95.8 Å². The maximum absolute atomic E-state index is 12.3. The lowest BCUT2D eigenvalue weighted by Crippen LogP contribution is -2.38. The number of benzene rings is 1. The molecule has 1 aromatic rings. The molecule has 1 unspecified atom stereocenters. The summed E-state index contributed by atoms with van der Waals surface area (Å²) in [5.74, 6) is -3.37. The minimum atomic E-state index is -6.01. The molecule has 0 amide bonds. The lowest BCUT2D eigenvalue weighted by molar-refractivity contribution is -0.139. The monoisotopic (exact) mass is 305 g/mol. The van der Waals surface area contributed by atoms with Crippen molar-refractivity contribution < 1.29 is 26.1 Å². The highest BCUT2D eigenvalue weighted by molar-refractivity contribution is 9.10. The van der Waals surface area contributed by atoms with Crippen LogP contribution in [0.15, 0.2) is 28.7 Å². The molecule has 0 nitrogen and oxygen atoms in total. The van der Waals surface area contributed by atoms with Crippen LogP contribution < -0.4 is 0 Å². The first kappa shape index (κ1) is 13.4. The first-order chi connectivity index (χ1) is 7.12. The van der Waals surface area contributed by atoms with Crippen LogP contribution in [0.3, 0.4) is 0 Å². The molecule has 0 N–H and O–H groups in total. The van der Waals surface area contributed by atoms with E-state index in [0.717, 1.165) is 24.3 Å². The molecule has 0 aliphatic rings. The van der Waals surface area contributed by atoms with Crippen molar-refractivity contribution in [2.24, 2.45) is 0 Å². The van der Waals surface area contributed by atoms with Crippen molar-refractivity contribution in [3.8, 4) is 0 Å². The van der Waals surface area contributed by atoms with E-state index in [-0.39, 0.29) is 0 Å². The van der Waals surface area contributed by atoms with Gasteiger partial charge in [0.2, 0.25) is 0 Å². The van der Waals surface area contributed by atoms with Gasteiger partial charge in [-0.3, -0.25) is 0 Å². The summed E-state index contributed by atoms with van der Waals surface area (Å²) in [7, 11) is 0. The highest BCUT2D eigenvalue weighted by Gasteiger charge is 2.52. The summed E-state index contributed by atoms with van der Waals surface area (Å²) in [5.41, 5.74) is -0.789.